The molecule has 0 aromatic heterocycles. The Kier molecular flexibility index (Phi) is 7.51. The van der Waals surface area contributed by atoms with Crippen LogP contribution in [-0.2, 0) is 10.0 Å². The fourth-order valence-corrected chi connectivity index (χ4v) is 5.01. The predicted octanol–water partition coefficient (Wildman–Crippen LogP) is 4.55. The van der Waals surface area contributed by atoms with E-state index < -0.39 is 10.0 Å². The van der Waals surface area contributed by atoms with E-state index in [1.165, 1.54) is 22.5 Å². The summed E-state index contributed by atoms with van der Waals surface area (Å²) < 4.78 is 38.3. The minimum absolute atomic E-state index is 0.0476. The van der Waals surface area contributed by atoms with E-state index in [4.69, 9.17) is 9.47 Å². The van der Waals surface area contributed by atoms with Gasteiger partial charge in [0.25, 0.3) is 0 Å². The number of methoxy groups -OCH3 is 1. The Balaban J connectivity index is 1.78. The normalized spacial score (nSPS) is 15.4. The maximum absolute atomic E-state index is 12.8. The number of nitrogens with zero attached hydrogens (tertiary/aromatic N) is 1. The van der Waals surface area contributed by atoms with Gasteiger partial charge in [-0.15, -0.1) is 0 Å². The fourth-order valence-electron chi connectivity index (χ4n) is 3.49. The summed E-state index contributed by atoms with van der Waals surface area (Å²) in [7, 11) is -1.94. The SMILES string of the molecule is COc1cccc(/C=C/C(=O)c2ccc(S(=O)(=O)N3CCCCC3)cc2)c1OC(C)C. The first-order chi connectivity index (χ1) is 14.8. The first-order valence-electron chi connectivity index (χ1n) is 10.5. The molecule has 1 aliphatic heterocycles. The highest BCUT2D eigenvalue weighted by molar-refractivity contribution is 7.89. The van der Waals surface area contributed by atoms with Crippen molar-refractivity contribution in [1.29, 1.82) is 0 Å². The molecule has 0 radical (unpaired) electrons. The lowest BCUT2D eigenvalue weighted by Crippen LogP contribution is -2.35. The highest BCUT2D eigenvalue weighted by atomic mass is 32.2. The third-order valence-electron chi connectivity index (χ3n) is 5.09. The van der Waals surface area contributed by atoms with Gasteiger partial charge in [0.1, 0.15) is 0 Å². The maximum Gasteiger partial charge on any atom is 0.243 e. The number of carbonyl (C=O) groups excluding carboxylic acids is 1. The zero-order valence-corrected chi connectivity index (χ0v) is 19.0. The molecule has 2 aromatic rings. The molecule has 1 heterocycles. The van der Waals surface area contributed by atoms with Gasteiger partial charge in [0, 0.05) is 24.2 Å². The van der Waals surface area contributed by atoms with E-state index in [0.717, 1.165) is 24.8 Å². The number of hydrogen-bond donors (Lipinski definition) is 0. The highest BCUT2D eigenvalue weighted by Crippen LogP contribution is 2.33. The number of allylic oxidation sites excluding steroid dienone is 1. The molecule has 0 aliphatic carbocycles. The summed E-state index contributed by atoms with van der Waals surface area (Å²) in [4.78, 5) is 12.9. The van der Waals surface area contributed by atoms with Crippen LogP contribution in [0.4, 0.5) is 0 Å². The molecule has 2 aromatic carbocycles. The number of hydrogen-bond acceptors (Lipinski definition) is 5. The average molecular weight is 444 g/mol. The monoisotopic (exact) mass is 443 g/mol. The third kappa shape index (κ3) is 5.54. The molecule has 0 bridgehead atoms. The number of piperidine rings is 1. The van der Waals surface area contributed by atoms with Gasteiger partial charge >= 0.3 is 0 Å². The highest BCUT2D eigenvalue weighted by Gasteiger charge is 2.25. The molecular formula is C24H29NO5S. The van der Waals surface area contributed by atoms with Crippen molar-refractivity contribution in [2.75, 3.05) is 20.2 Å². The minimum atomic E-state index is -3.51. The summed E-state index contributed by atoms with van der Waals surface area (Å²) in [6, 6.07) is 11.6. The van der Waals surface area contributed by atoms with Gasteiger partial charge in [0.05, 0.1) is 18.1 Å². The van der Waals surface area contributed by atoms with E-state index in [0.29, 0.717) is 30.2 Å². The van der Waals surface area contributed by atoms with Gasteiger partial charge in [-0.1, -0.05) is 18.6 Å². The van der Waals surface area contributed by atoms with Crippen molar-refractivity contribution in [3.63, 3.8) is 0 Å². The van der Waals surface area contributed by atoms with E-state index in [9.17, 15) is 13.2 Å². The van der Waals surface area contributed by atoms with Gasteiger partial charge in [-0.25, -0.2) is 8.42 Å². The number of benzene rings is 2. The van der Waals surface area contributed by atoms with E-state index in [1.807, 2.05) is 26.0 Å². The van der Waals surface area contributed by atoms with E-state index in [1.54, 1.807) is 31.4 Å². The van der Waals surface area contributed by atoms with Crippen LogP contribution in [0.2, 0.25) is 0 Å². The Hall–Kier alpha value is -2.64. The summed E-state index contributed by atoms with van der Waals surface area (Å²) in [5.41, 5.74) is 1.15. The van der Waals surface area contributed by atoms with Crippen molar-refractivity contribution in [2.45, 2.75) is 44.1 Å². The van der Waals surface area contributed by atoms with Crippen molar-refractivity contribution in [3.8, 4) is 11.5 Å². The third-order valence-corrected chi connectivity index (χ3v) is 7.00. The van der Waals surface area contributed by atoms with Crippen LogP contribution >= 0.6 is 0 Å². The zero-order chi connectivity index (χ0) is 22.4. The van der Waals surface area contributed by atoms with Crippen LogP contribution in [0.25, 0.3) is 6.08 Å². The lowest BCUT2D eigenvalue weighted by Gasteiger charge is -2.25. The Labute approximate surface area is 184 Å². The molecule has 0 spiro atoms. The molecule has 0 N–H and O–H groups in total. The van der Waals surface area contributed by atoms with Crippen LogP contribution < -0.4 is 9.47 Å². The molecule has 0 unspecified atom stereocenters. The quantitative estimate of drug-likeness (QED) is 0.442. The number of ketones is 1. The second-order valence-corrected chi connectivity index (χ2v) is 9.67. The lowest BCUT2D eigenvalue weighted by atomic mass is 10.1. The van der Waals surface area contributed by atoms with E-state index >= 15 is 0 Å². The fraction of sp³-hybridized carbons (Fsp3) is 0.375. The maximum atomic E-state index is 12.8. The Morgan fingerprint density at radius 3 is 2.32 bits per heavy atom. The van der Waals surface area contributed by atoms with Gasteiger partial charge in [-0.2, -0.15) is 4.31 Å². The molecule has 1 aliphatic rings. The molecule has 31 heavy (non-hydrogen) atoms. The van der Waals surface area contributed by atoms with Crippen molar-refractivity contribution < 1.29 is 22.7 Å². The number of para-hydroxylation sites is 1. The summed E-state index contributed by atoms with van der Waals surface area (Å²) in [6.45, 7) is 4.94. The molecule has 6 nitrogen and oxygen atoms in total. The molecule has 0 atom stereocenters. The van der Waals surface area contributed by atoms with Crippen molar-refractivity contribution >= 4 is 21.9 Å². The van der Waals surface area contributed by atoms with Crippen LogP contribution in [-0.4, -0.2) is 44.8 Å². The van der Waals surface area contributed by atoms with Crippen molar-refractivity contribution in [1.82, 2.24) is 4.31 Å². The Bertz CT molecular complexity index is 1040. The van der Waals surface area contributed by atoms with Gasteiger partial charge < -0.3 is 9.47 Å². The Morgan fingerprint density at radius 1 is 1.03 bits per heavy atom. The number of carbonyl (C=O) groups is 1. The topological polar surface area (TPSA) is 72.9 Å². The molecule has 1 fully saturated rings. The van der Waals surface area contributed by atoms with Crippen molar-refractivity contribution in [2.24, 2.45) is 0 Å². The second-order valence-electron chi connectivity index (χ2n) is 7.73. The van der Waals surface area contributed by atoms with Crippen LogP contribution in [0.5, 0.6) is 11.5 Å². The van der Waals surface area contributed by atoms with Crippen LogP contribution in [0.3, 0.4) is 0 Å². The van der Waals surface area contributed by atoms with Gasteiger partial charge in [0.15, 0.2) is 17.3 Å². The van der Waals surface area contributed by atoms with Gasteiger partial charge in [0.2, 0.25) is 10.0 Å². The summed E-state index contributed by atoms with van der Waals surface area (Å²) in [5, 5.41) is 0. The molecule has 1 saturated heterocycles. The van der Waals surface area contributed by atoms with E-state index in [-0.39, 0.29) is 16.8 Å². The summed E-state index contributed by atoms with van der Waals surface area (Å²) in [6.07, 6.45) is 5.91. The molecule has 3 rings (SSSR count). The largest absolute Gasteiger partial charge is 0.493 e. The van der Waals surface area contributed by atoms with Crippen LogP contribution in [0.1, 0.15) is 49.0 Å². The number of rotatable bonds is 8. The van der Waals surface area contributed by atoms with Gasteiger partial charge in [-0.05, 0) is 69.2 Å². The summed E-state index contributed by atoms with van der Waals surface area (Å²) >= 11 is 0. The molecule has 7 heteroatoms. The number of ether oxygens (including phenoxy) is 2. The van der Waals surface area contributed by atoms with Crippen LogP contribution in [0.15, 0.2) is 53.4 Å². The molecule has 0 amide bonds. The summed E-state index contributed by atoms with van der Waals surface area (Å²) in [5.74, 6) is 0.947. The Morgan fingerprint density at radius 2 is 1.71 bits per heavy atom. The van der Waals surface area contributed by atoms with Crippen LogP contribution in [0, 0.1) is 0 Å². The molecule has 0 saturated carbocycles. The first-order valence-corrected chi connectivity index (χ1v) is 11.9. The first kappa shape index (κ1) is 23.0. The predicted molar refractivity (Wildman–Crippen MR) is 121 cm³/mol. The van der Waals surface area contributed by atoms with Crippen molar-refractivity contribution in [3.05, 3.63) is 59.7 Å². The smallest absolute Gasteiger partial charge is 0.243 e. The second kappa shape index (κ2) is 10.1. The van der Waals surface area contributed by atoms with Gasteiger partial charge in [-0.3, -0.25) is 4.79 Å². The average Bonchev–Trinajstić information content (AvgIpc) is 2.78. The number of sulfonamides is 1. The standard InChI is InChI=1S/C24H29NO5S/c1-18(2)30-24-20(8-7-9-23(24)29-3)12-15-22(26)19-10-13-21(14-11-19)31(27,28)25-16-5-4-6-17-25/h7-15,18H,4-6,16-17H2,1-3H3/b15-12+. The molecular weight excluding hydrogens is 414 g/mol. The van der Waals surface area contributed by atoms with E-state index in [2.05, 4.69) is 0 Å². The minimum Gasteiger partial charge on any atom is -0.493 e. The zero-order valence-electron chi connectivity index (χ0n) is 18.2. The molecule has 166 valence electrons. The lowest BCUT2D eigenvalue weighted by molar-refractivity contribution is 0.104.